The number of nitrogens with zero attached hydrogens (tertiary/aromatic N) is 3. The summed E-state index contributed by atoms with van der Waals surface area (Å²) in [5.41, 5.74) is 4.95. The maximum Gasteiger partial charge on any atom is 0.228 e. The van der Waals surface area contributed by atoms with Crippen LogP contribution in [0.1, 0.15) is 0 Å². The third-order valence-corrected chi connectivity index (χ3v) is 3.98. The van der Waals surface area contributed by atoms with E-state index in [2.05, 4.69) is 22.1 Å². The van der Waals surface area contributed by atoms with Gasteiger partial charge in [-0.3, -0.25) is 4.98 Å². The van der Waals surface area contributed by atoms with Gasteiger partial charge in [0.15, 0.2) is 5.58 Å². The van der Waals surface area contributed by atoms with Crippen molar-refractivity contribution in [1.82, 2.24) is 15.0 Å². The van der Waals surface area contributed by atoms with Gasteiger partial charge in [-0.25, -0.2) is 9.97 Å². The molecule has 0 aliphatic rings. The Morgan fingerprint density at radius 1 is 0.870 bits per heavy atom. The zero-order chi connectivity index (χ0) is 15.2. The van der Waals surface area contributed by atoms with Crippen molar-refractivity contribution < 1.29 is 4.42 Å². The summed E-state index contributed by atoms with van der Waals surface area (Å²) in [6.45, 7) is 0. The number of para-hydroxylation sites is 1. The van der Waals surface area contributed by atoms with E-state index in [0.29, 0.717) is 5.71 Å². The second-order valence-electron chi connectivity index (χ2n) is 5.42. The van der Waals surface area contributed by atoms with Crippen molar-refractivity contribution in [2.75, 3.05) is 0 Å². The van der Waals surface area contributed by atoms with E-state index in [9.17, 15) is 0 Å². The van der Waals surface area contributed by atoms with Gasteiger partial charge in [-0.1, -0.05) is 24.3 Å². The molecule has 108 valence electrons. The van der Waals surface area contributed by atoms with Crippen LogP contribution in [-0.4, -0.2) is 15.0 Å². The molecule has 0 saturated carbocycles. The first-order valence-corrected chi connectivity index (χ1v) is 7.38. The number of benzene rings is 1. The monoisotopic (exact) mass is 297 g/mol. The van der Waals surface area contributed by atoms with Gasteiger partial charge in [0.1, 0.15) is 5.52 Å². The first-order chi connectivity index (χ1) is 11.4. The Morgan fingerprint density at radius 2 is 1.83 bits per heavy atom. The van der Waals surface area contributed by atoms with Crippen LogP contribution in [-0.2, 0) is 0 Å². The molecule has 0 atom stereocenters. The fourth-order valence-electron chi connectivity index (χ4n) is 2.85. The standard InChI is InChI=1S/C19H11N3O/c1-2-6-15-12(4-1)7-8-16(22-15)13-10-17-18(21-11-13)14-5-3-9-20-19(14)23-17/h1-11H. The predicted octanol–water partition coefficient (Wildman–Crippen LogP) is 4.59. The van der Waals surface area contributed by atoms with Crippen LogP contribution >= 0.6 is 0 Å². The molecule has 0 amide bonds. The number of hydrogen-bond acceptors (Lipinski definition) is 4. The molecule has 0 unspecified atom stereocenters. The highest BCUT2D eigenvalue weighted by Crippen LogP contribution is 2.29. The highest BCUT2D eigenvalue weighted by atomic mass is 16.3. The van der Waals surface area contributed by atoms with Crippen molar-refractivity contribution >= 4 is 33.1 Å². The van der Waals surface area contributed by atoms with Crippen molar-refractivity contribution in [2.24, 2.45) is 0 Å². The van der Waals surface area contributed by atoms with Crippen LogP contribution in [0.5, 0.6) is 0 Å². The summed E-state index contributed by atoms with van der Waals surface area (Å²) < 4.78 is 5.80. The second kappa shape index (κ2) is 4.61. The molecule has 0 aliphatic heterocycles. The highest BCUT2D eigenvalue weighted by Gasteiger charge is 2.10. The molecule has 0 spiro atoms. The van der Waals surface area contributed by atoms with Crippen molar-refractivity contribution in [3.63, 3.8) is 0 Å². The summed E-state index contributed by atoms with van der Waals surface area (Å²) in [6, 6.07) is 18.0. The average Bonchev–Trinajstić information content (AvgIpc) is 2.99. The largest absolute Gasteiger partial charge is 0.436 e. The van der Waals surface area contributed by atoms with Gasteiger partial charge < -0.3 is 4.42 Å². The molecule has 0 bridgehead atoms. The Hall–Kier alpha value is -3.27. The van der Waals surface area contributed by atoms with Gasteiger partial charge in [0.05, 0.1) is 16.6 Å². The minimum Gasteiger partial charge on any atom is -0.436 e. The van der Waals surface area contributed by atoms with Gasteiger partial charge in [0.25, 0.3) is 0 Å². The van der Waals surface area contributed by atoms with Crippen LogP contribution in [0.4, 0.5) is 0 Å². The zero-order valence-electron chi connectivity index (χ0n) is 12.1. The lowest BCUT2D eigenvalue weighted by Gasteiger charge is -2.02. The van der Waals surface area contributed by atoms with E-state index in [-0.39, 0.29) is 0 Å². The van der Waals surface area contributed by atoms with E-state index < -0.39 is 0 Å². The highest BCUT2D eigenvalue weighted by molar-refractivity contribution is 6.01. The topological polar surface area (TPSA) is 51.8 Å². The van der Waals surface area contributed by atoms with E-state index in [1.807, 2.05) is 48.7 Å². The summed E-state index contributed by atoms with van der Waals surface area (Å²) in [7, 11) is 0. The van der Waals surface area contributed by atoms with E-state index in [4.69, 9.17) is 9.40 Å². The van der Waals surface area contributed by atoms with Gasteiger partial charge in [0.2, 0.25) is 5.71 Å². The van der Waals surface area contributed by atoms with Gasteiger partial charge in [0, 0.05) is 23.3 Å². The normalized spacial score (nSPS) is 11.5. The number of furan rings is 1. The molecule has 5 rings (SSSR count). The van der Waals surface area contributed by atoms with Crippen molar-refractivity contribution in [3.05, 3.63) is 67.0 Å². The summed E-state index contributed by atoms with van der Waals surface area (Å²) >= 11 is 0. The number of hydrogen-bond donors (Lipinski definition) is 0. The van der Waals surface area contributed by atoms with Crippen molar-refractivity contribution in [2.45, 2.75) is 0 Å². The third-order valence-electron chi connectivity index (χ3n) is 3.98. The molecule has 0 N–H and O–H groups in total. The van der Waals surface area contributed by atoms with Gasteiger partial charge >= 0.3 is 0 Å². The smallest absolute Gasteiger partial charge is 0.228 e. The Bertz CT molecular complexity index is 1180. The van der Waals surface area contributed by atoms with E-state index in [1.165, 1.54) is 0 Å². The molecule has 0 fully saturated rings. The van der Waals surface area contributed by atoms with Gasteiger partial charge in [-0.2, -0.15) is 0 Å². The van der Waals surface area contributed by atoms with E-state index in [0.717, 1.165) is 38.6 Å². The second-order valence-corrected chi connectivity index (χ2v) is 5.42. The summed E-state index contributed by atoms with van der Waals surface area (Å²) in [4.78, 5) is 13.5. The molecule has 23 heavy (non-hydrogen) atoms. The van der Waals surface area contributed by atoms with Crippen LogP contribution in [0.2, 0.25) is 0 Å². The Morgan fingerprint density at radius 3 is 2.83 bits per heavy atom. The zero-order valence-corrected chi connectivity index (χ0v) is 12.1. The molecular formula is C19H11N3O. The van der Waals surface area contributed by atoms with Crippen LogP contribution in [0, 0.1) is 0 Å². The van der Waals surface area contributed by atoms with E-state index >= 15 is 0 Å². The predicted molar refractivity (Wildman–Crippen MR) is 90.0 cm³/mol. The molecule has 0 aliphatic carbocycles. The van der Waals surface area contributed by atoms with Crippen LogP contribution in [0.3, 0.4) is 0 Å². The molecule has 0 saturated heterocycles. The lowest BCUT2D eigenvalue weighted by atomic mass is 10.1. The Balaban J connectivity index is 1.73. The molecule has 1 aromatic carbocycles. The fourth-order valence-corrected chi connectivity index (χ4v) is 2.85. The number of fused-ring (bicyclic) bond motifs is 4. The minimum absolute atomic E-state index is 0.610. The van der Waals surface area contributed by atoms with Gasteiger partial charge in [-0.15, -0.1) is 0 Å². The molecule has 0 radical (unpaired) electrons. The Labute approximate surface area is 131 Å². The SMILES string of the molecule is c1ccc2nc(-c3cnc4c(c3)oc3ncccc34)ccc2c1. The molecule has 4 aromatic heterocycles. The van der Waals surface area contributed by atoms with Crippen LogP contribution in [0.25, 0.3) is 44.4 Å². The van der Waals surface area contributed by atoms with Crippen molar-refractivity contribution in [3.8, 4) is 11.3 Å². The quantitative estimate of drug-likeness (QED) is 0.454. The third kappa shape index (κ3) is 1.89. The average molecular weight is 297 g/mol. The van der Waals surface area contributed by atoms with Gasteiger partial charge in [-0.05, 0) is 30.3 Å². The van der Waals surface area contributed by atoms with Crippen LogP contribution in [0.15, 0.2) is 71.4 Å². The lowest BCUT2D eigenvalue weighted by Crippen LogP contribution is -1.86. The molecule has 4 heteroatoms. The fraction of sp³-hybridized carbons (Fsp3) is 0. The summed E-state index contributed by atoms with van der Waals surface area (Å²) in [6.07, 6.45) is 3.55. The first-order valence-electron chi connectivity index (χ1n) is 7.38. The molecular weight excluding hydrogens is 286 g/mol. The molecule has 4 heterocycles. The number of pyridine rings is 3. The minimum atomic E-state index is 0.610. The van der Waals surface area contributed by atoms with E-state index in [1.54, 1.807) is 6.20 Å². The number of aromatic nitrogens is 3. The number of rotatable bonds is 1. The maximum absolute atomic E-state index is 5.80. The Kier molecular flexibility index (Phi) is 2.46. The summed E-state index contributed by atoms with van der Waals surface area (Å²) in [5, 5.41) is 2.05. The lowest BCUT2D eigenvalue weighted by molar-refractivity contribution is 0.653. The maximum atomic E-state index is 5.80. The molecule has 4 nitrogen and oxygen atoms in total. The molecule has 5 aromatic rings. The van der Waals surface area contributed by atoms with Crippen LogP contribution < -0.4 is 0 Å². The summed E-state index contributed by atoms with van der Waals surface area (Å²) in [5.74, 6) is 0. The first kappa shape index (κ1) is 12.3. The van der Waals surface area contributed by atoms with Crippen molar-refractivity contribution in [1.29, 1.82) is 0 Å².